The quantitative estimate of drug-likeness (QED) is 0.662. The third-order valence-corrected chi connectivity index (χ3v) is 4.51. The molecule has 0 saturated carbocycles. The highest BCUT2D eigenvalue weighted by Crippen LogP contribution is 2.36. The SMILES string of the molecule is CCOc1ccc2c(c1)C(c1ccc(Cl)cc1)=NCc1onc(C)c1-2. The van der Waals surface area contributed by atoms with E-state index in [-0.39, 0.29) is 0 Å². The van der Waals surface area contributed by atoms with Gasteiger partial charge in [-0.25, -0.2) is 0 Å². The average Bonchev–Trinajstić information content (AvgIpc) is 2.89. The van der Waals surface area contributed by atoms with Crippen molar-refractivity contribution in [1.29, 1.82) is 0 Å². The van der Waals surface area contributed by atoms with E-state index in [1.54, 1.807) is 0 Å². The van der Waals surface area contributed by atoms with Gasteiger partial charge in [-0.2, -0.15) is 0 Å². The molecule has 0 fully saturated rings. The smallest absolute Gasteiger partial charge is 0.166 e. The van der Waals surface area contributed by atoms with Gasteiger partial charge < -0.3 is 9.26 Å². The number of benzene rings is 2. The number of aliphatic imine (C=N–C) groups is 1. The third kappa shape index (κ3) is 2.83. The van der Waals surface area contributed by atoms with Crippen LogP contribution in [0.4, 0.5) is 0 Å². The maximum absolute atomic E-state index is 6.04. The summed E-state index contributed by atoms with van der Waals surface area (Å²) in [7, 11) is 0. The van der Waals surface area contributed by atoms with Gasteiger partial charge in [0.25, 0.3) is 0 Å². The van der Waals surface area contributed by atoms with Crippen molar-refractivity contribution in [1.82, 2.24) is 5.16 Å². The molecule has 2 aromatic carbocycles. The zero-order chi connectivity index (χ0) is 17.4. The minimum Gasteiger partial charge on any atom is -0.494 e. The Morgan fingerprint density at radius 1 is 1.12 bits per heavy atom. The predicted octanol–water partition coefficient (Wildman–Crippen LogP) is 5.05. The number of ether oxygens (including phenoxy) is 1. The number of hydrogen-bond donors (Lipinski definition) is 0. The zero-order valence-electron chi connectivity index (χ0n) is 14.0. The Balaban J connectivity index is 1.94. The standard InChI is InChI=1S/C20H17ClN2O2/c1-3-24-15-8-9-16-17(10-15)20(13-4-6-14(21)7-5-13)22-11-18-19(16)12(2)23-25-18/h4-10H,3,11H2,1-2H3. The molecule has 0 amide bonds. The highest BCUT2D eigenvalue weighted by molar-refractivity contribution is 6.30. The van der Waals surface area contributed by atoms with E-state index < -0.39 is 0 Å². The van der Waals surface area contributed by atoms with Crippen molar-refractivity contribution < 1.29 is 9.26 Å². The summed E-state index contributed by atoms with van der Waals surface area (Å²) in [5.74, 6) is 1.60. The minimum atomic E-state index is 0.451. The number of halogens is 1. The molecule has 1 aliphatic rings. The largest absolute Gasteiger partial charge is 0.494 e. The number of nitrogens with zero attached hydrogens (tertiary/aromatic N) is 2. The first-order valence-corrected chi connectivity index (χ1v) is 8.58. The molecule has 0 saturated heterocycles. The topological polar surface area (TPSA) is 47.6 Å². The van der Waals surface area contributed by atoms with E-state index in [4.69, 9.17) is 25.9 Å². The van der Waals surface area contributed by atoms with Crippen LogP contribution in [0.15, 0.2) is 52.0 Å². The van der Waals surface area contributed by atoms with Crippen LogP contribution in [0.25, 0.3) is 11.1 Å². The lowest BCUT2D eigenvalue weighted by molar-refractivity contribution is 0.340. The molecule has 4 rings (SSSR count). The molecule has 3 aromatic rings. The molecule has 0 N–H and O–H groups in total. The molecule has 126 valence electrons. The Morgan fingerprint density at radius 2 is 1.92 bits per heavy atom. The highest BCUT2D eigenvalue weighted by atomic mass is 35.5. The van der Waals surface area contributed by atoms with E-state index in [1.165, 1.54) is 0 Å². The first kappa shape index (κ1) is 15.9. The lowest BCUT2D eigenvalue weighted by atomic mass is 9.93. The van der Waals surface area contributed by atoms with Crippen LogP contribution < -0.4 is 4.74 Å². The predicted molar refractivity (Wildman–Crippen MR) is 98.6 cm³/mol. The summed E-state index contributed by atoms with van der Waals surface area (Å²) in [4.78, 5) is 4.80. The van der Waals surface area contributed by atoms with Gasteiger partial charge in [0.15, 0.2) is 5.76 Å². The average molecular weight is 353 g/mol. The summed E-state index contributed by atoms with van der Waals surface area (Å²) in [5.41, 5.74) is 5.87. The van der Waals surface area contributed by atoms with E-state index in [0.29, 0.717) is 18.2 Å². The lowest BCUT2D eigenvalue weighted by Crippen LogP contribution is -2.05. The van der Waals surface area contributed by atoms with Gasteiger partial charge >= 0.3 is 0 Å². The fourth-order valence-corrected chi connectivity index (χ4v) is 3.28. The van der Waals surface area contributed by atoms with Crippen molar-refractivity contribution in [3.05, 3.63) is 70.1 Å². The highest BCUT2D eigenvalue weighted by Gasteiger charge is 2.24. The summed E-state index contributed by atoms with van der Waals surface area (Å²) in [6.45, 7) is 4.99. The fraction of sp³-hybridized carbons (Fsp3) is 0.200. The zero-order valence-corrected chi connectivity index (χ0v) is 14.8. The van der Waals surface area contributed by atoms with E-state index in [2.05, 4.69) is 11.2 Å². The van der Waals surface area contributed by atoms with E-state index in [1.807, 2.05) is 50.2 Å². The molecular weight excluding hydrogens is 336 g/mol. The van der Waals surface area contributed by atoms with Crippen molar-refractivity contribution in [3.8, 4) is 16.9 Å². The van der Waals surface area contributed by atoms with Crippen LogP contribution >= 0.6 is 11.6 Å². The second-order valence-electron chi connectivity index (χ2n) is 5.88. The third-order valence-electron chi connectivity index (χ3n) is 4.26. The van der Waals surface area contributed by atoms with Gasteiger partial charge in [0.2, 0.25) is 0 Å². The van der Waals surface area contributed by atoms with E-state index in [9.17, 15) is 0 Å². The molecule has 25 heavy (non-hydrogen) atoms. The monoisotopic (exact) mass is 352 g/mol. The Labute approximate surface area is 151 Å². The van der Waals surface area contributed by atoms with Gasteiger partial charge in [0.05, 0.1) is 23.6 Å². The van der Waals surface area contributed by atoms with Crippen LogP contribution in [0.1, 0.15) is 29.5 Å². The summed E-state index contributed by atoms with van der Waals surface area (Å²) in [6, 6.07) is 13.8. The van der Waals surface area contributed by atoms with Crippen molar-refractivity contribution in [2.45, 2.75) is 20.4 Å². The Kier molecular flexibility index (Phi) is 4.06. The Morgan fingerprint density at radius 3 is 2.68 bits per heavy atom. The van der Waals surface area contributed by atoms with Crippen LogP contribution in [0, 0.1) is 6.92 Å². The Bertz CT molecular complexity index is 958. The molecule has 1 aromatic heterocycles. The van der Waals surface area contributed by atoms with Crippen LogP contribution in [0.2, 0.25) is 5.02 Å². The van der Waals surface area contributed by atoms with Crippen molar-refractivity contribution >= 4 is 17.3 Å². The Hall–Kier alpha value is -2.59. The molecule has 2 heterocycles. The normalized spacial score (nSPS) is 12.8. The van der Waals surface area contributed by atoms with Crippen molar-refractivity contribution in [3.63, 3.8) is 0 Å². The fourth-order valence-electron chi connectivity index (χ4n) is 3.15. The van der Waals surface area contributed by atoms with E-state index in [0.717, 1.165) is 45.2 Å². The second kappa shape index (κ2) is 6.37. The molecule has 0 radical (unpaired) electrons. The second-order valence-corrected chi connectivity index (χ2v) is 6.31. The molecular formula is C20H17ClN2O2. The molecule has 5 heteroatoms. The maximum Gasteiger partial charge on any atom is 0.166 e. The molecule has 0 aliphatic carbocycles. The first-order valence-electron chi connectivity index (χ1n) is 8.20. The number of aromatic nitrogens is 1. The van der Waals surface area contributed by atoms with Crippen LogP contribution in [0.5, 0.6) is 5.75 Å². The van der Waals surface area contributed by atoms with Gasteiger partial charge in [0.1, 0.15) is 12.3 Å². The molecule has 0 spiro atoms. The molecule has 0 unspecified atom stereocenters. The summed E-state index contributed by atoms with van der Waals surface area (Å²) in [5, 5.41) is 4.82. The molecule has 4 nitrogen and oxygen atoms in total. The molecule has 0 atom stereocenters. The first-order chi connectivity index (χ1) is 12.2. The number of hydrogen-bond acceptors (Lipinski definition) is 4. The van der Waals surface area contributed by atoms with Crippen molar-refractivity contribution in [2.24, 2.45) is 4.99 Å². The van der Waals surface area contributed by atoms with Crippen LogP contribution in [0.3, 0.4) is 0 Å². The van der Waals surface area contributed by atoms with Gasteiger partial charge in [-0.3, -0.25) is 4.99 Å². The summed E-state index contributed by atoms with van der Waals surface area (Å²) < 4.78 is 11.2. The number of fused-ring (bicyclic) bond motifs is 3. The van der Waals surface area contributed by atoms with Gasteiger partial charge in [0, 0.05) is 16.1 Å². The van der Waals surface area contributed by atoms with E-state index >= 15 is 0 Å². The summed E-state index contributed by atoms with van der Waals surface area (Å²) in [6.07, 6.45) is 0. The van der Waals surface area contributed by atoms with Crippen molar-refractivity contribution in [2.75, 3.05) is 6.61 Å². The molecule has 0 bridgehead atoms. The molecule has 1 aliphatic heterocycles. The number of aryl methyl sites for hydroxylation is 1. The van der Waals surface area contributed by atoms with Crippen LogP contribution in [-0.4, -0.2) is 17.5 Å². The lowest BCUT2D eigenvalue weighted by Gasteiger charge is -2.13. The van der Waals surface area contributed by atoms with Gasteiger partial charge in [-0.1, -0.05) is 28.9 Å². The minimum absolute atomic E-state index is 0.451. The maximum atomic E-state index is 6.04. The number of rotatable bonds is 3. The van der Waals surface area contributed by atoms with Crippen LogP contribution in [-0.2, 0) is 6.54 Å². The van der Waals surface area contributed by atoms with Gasteiger partial charge in [-0.05, 0) is 49.7 Å². The summed E-state index contributed by atoms with van der Waals surface area (Å²) >= 11 is 6.04. The van der Waals surface area contributed by atoms with Gasteiger partial charge in [-0.15, -0.1) is 0 Å².